The van der Waals surface area contributed by atoms with Crippen molar-refractivity contribution in [3.8, 4) is 0 Å². The van der Waals surface area contributed by atoms with E-state index in [9.17, 15) is 19.2 Å². The number of carbonyl (C=O) groups is 4. The summed E-state index contributed by atoms with van der Waals surface area (Å²) in [5.74, 6) is -0.756. The van der Waals surface area contributed by atoms with Crippen molar-refractivity contribution in [2.75, 3.05) is 16.0 Å². The maximum Gasteiger partial charge on any atom is 0.412 e. The Balaban J connectivity index is 2.01. The summed E-state index contributed by atoms with van der Waals surface area (Å²) >= 11 is 0. The van der Waals surface area contributed by atoms with Crippen LogP contribution in [0.3, 0.4) is 0 Å². The van der Waals surface area contributed by atoms with Crippen LogP contribution in [0.5, 0.6) is 0 Å². The van der Waals surface area contributed by atoms with Crippen LogP contribution < -0.4 is 21.3 Å². The smallest absolute Gasteiger partial charge is 0.412 e. The molecule has 2 aromatic carbocycles. The summed E-state index contributed by atoms with van der Waals surface area (Å²) in [5, 5.41) is 11.0. The lowest BCUT2D eigenvalue weighted by Crippen LogP contribution is -2.45. The van der Waals surface area contributed by atoms with Crippen LogP contribution in [0.1, 0.15) is 117 Å². The Labute approximate surface area is 268 Å². The molecular weight excluding hydrogens is 572 g/mol. The molecule has 0 aromatic heterocycles. The summed E-state index contributed by atoms with van der Waals surface area (Å²) in [6, 6.07) is 12.5. The lowest BCUT2D eigenvalue weighted by Gasteiger charge is -2.23. The van der Waals surface area contributed by atoms with E-state index in [1.807, 2.05) is 0 Å². The average molecular weight is 625 g/mol. The van der Waals surface area contributed by atoms with Gasteiger partial charge >= 0.3 is 12.2 Å². The Bertz CT molecular complexity index is 1250. The van der Waals surface area contributed by atoms with Gasteiger partial charge in [-0.3, -0.25) is 14.9 Å². The number of hydrogen-bond acceptors (Lipinski definition) is 6. The monoisotopic (exact) mass is 624 g/mol. The highest BCUT2D eigenvalue weighted by atomic mass is 16.6. The predicted octanol–water partition coefficient (Wildman–Crippen LogP) is 8.65. The maximum atomic E-state index is 13.2. The summed E-state index contributed by atoms with van der Waals surface area (Å²) in [6.45, 7) is 12.8. The second kappa shape index (κ2) is 18.0. The molecule has 4 amide bonds. The van der Waals surface area contributed by atoms with Gasteiger partial charge in [-0.1, -0.05) is 70.4 Å². The van der Waals surface area contributed by atoms with Crippen LogP contribution in [0, 0.1) is 0 Å². The van der Waals surface area contributed by atoms with E-state index in [4.69, 9.17) is 9.47 Å². The lowest BCUT2D eigenvalue weighted by atomic mass is 10.0. The number of nitrogens with one attached hydrogen (secondary N) is 4. The second-order valence-corrected chi connectivity index (χ2v) is 13.2. The molecule has 248 valence electrons. The van der Waals surface area contributed by atoms with Gasteiger partial charge in [0.2, 0.25) is 5.91 Å². The minimum absolute atomic E-state index is 0.349. The van der Waals surface area contributed by atoms with Crippen LogP contribution in [0.25, 0.3) is 0 Å². The van der Waals surface area contributed by atoms with E-state index in [0.29, 0.717) is 29.0 Å². The molecule has 0 fully saturated rings. The van der Waals surface area contributed by atoms with Gasteiger partial charge in [0.1, 0.15) is 17.2 Å². The van der Waals surface area contributed by atoms with E-state index in [2.05, 4.69) is 28.2 Å². The van der Waals surface area contributed by atoms with Gasteiger partial charge < -0.3 is 25.4 Å². The number of carbonyl (C=O) groups excluding carboxylic acids is 4. The number of amides is 4. The summed E-state index contributed by atoms with van der Waals surface area (Å²) < 4.78 is 10.7. The SMILES string of the molecule is CCCCCCCCCC[C@H](NC(=O)OC(C)(C)C)C(=O)Nc1ccc(C(=O)Nc2ccccc2NC(=O)OC(C)(C)C)cc1. The largest absolute Gasteiger partial charge is 0.444 e. The van der Waals surface area contributed by atoms with Crippen LogP contribution >= 0.6 is 0 Å². The molecule has 0 saturated carbocycles. The van der Waals surface area contributed by atoms with Crippen molar-refractivity contribution >= 4 is 41.1 Å². The van der Waals surface area contributed by atoms with Crippen LogP contribution in [-0.4, -0.2) is 41.2 Å². The summed E-state index contributed by atoms with van der Waals surface area (Å²) in [7, 11) is 0. The van der Waals surface area contributed by atoms with Gasteiger partial charge in [-0.05, 0) is 84.4 Å². The Morgan fingerprint density at radius 1 is 0.644 bits per heavy atom. The lowest BCUT2D eigenvalue weighted by molar-refractivity contribution is -0.118. The molecule has 10 nitrogen and oxygen atoms in total. The van der Waals surface area contributed by atoms with Gasteiger partial charge in [0.05, 0.1) is 11.4 Å². The fourth-order valence-corrected chi connectivity index (χ4v) is 4.44. The first-order chi connectivity index (χ1) is 21.2. The van der Waals surface area contributed by atoms with Crippen LogP contribution in [0.4, 0.5) is 26.7 Å². The molecule has 4 N–H and O–H groups in total. The van der Waals surface area contributed by atoms with Crippen molar-refractivity contribution in [1.82, 2.24) is 5.32 Å². The number of ether oxygens (including phenoxy) is 2. The average Bonchev–Trinajstić information content (AvgIpc) is 2.93. The van der Waals surface area contributed by atoms with E-state index in [1.54, 1.807) is 90.1 Å². The molecule has 0 saturated heterocycles. The third-order valence-electron chi connectivity index (χ3n) is 6.58. The second-order valence-electron chi connectivity index (χ2n) is 13.2. The van der Waals surface area contributed by atoms with Crippen molar-refractivity contribution in [2.24, 2.45) is 0 Å². The molecule has 45 heavy (non-hydrogen) atoms. The van der Waals surface area contributed by atoms with Crippen molar-refractivity contribution < 1.29 is 28.7 Å². The normalized spacial score (nSPS) is 12.1. The number of anilines is 3. The Kier molecular flexibility index (Phi) is 14.9. The molecule has 0 heterocycles. The van der Waals surface area contributed by atoms with Crippen molar-refractivity contribution in [3.05, 3.63) is 54.1 Å². The van der Waals surface area contributed by atoms with Gasteiger partial charge in [0, 0.05) is 11.3 Å². The molecule has 0 aliphatic heterocycles. The first-order valence-electron chi connectivity index (χ1n) is 16.0. The van der Waals surface area contributed by atoms with Crippen molar-refractivity contribution in [3.63, 3.8) is 0 Å². The first kappa shape index (κ1) is 37.1. The van der Waals surface area contributed by atoms with Gasteiger partial charge in [-0.15, -0.1) is 0 Å². The van der Waals surface area contributed by atoms with E-state index in [1.165, 1.54) is 32.1 Å². The molecule has 1 atom stereocenters. The maximum absolute atomic E-state index is 13.2. The number of rotatable bonds is 15. The molecule has 0 radical (unpaired) electrons. The zero-order valence-corrected chi connectivity index (χ0v) is 28.0. The summed E-state index contributed by atoms with van der Waals surface area (Å²) in [5.41, 5.74) is 0.273. The number of para-hydroxylation sites is 2. The van der Waals surface area contributed by atoms with Gasteiger partial charge in [0.15, 0.2) is 0 Å². The van der Waals surface area contributed by atoms with E-state index in [-0.39, 0.29) is 5.91 Å². The highest BCUT2D eigenvalue weighted by molar-refractivity contribution is 6.07. The van der Waals surface area contributed by atoms with Crippen LogP contribution in [-0.2, 0) is 14.3 Å². The molecule has 0 spiro atoms. The Morgan fingerprint density at radius 3 is 1.71 bits per heavy atom. The van der Waals surface area contributed by atoms with E-state index in [0.717, 1.165) is 19.3 Å². The van der Waals surface area contributed by atoms with Gasteiger partial charge in [-0.2, -0.15) is 0 Å². The topological polar surface area (TPSA) is 135 Å². The van der Waals surface area contributed by atoms with Gasteiger partial charge in [-0.25, -0.2) is 9.59 Å². The van der Waals surface area contributed by atoms with Crippen molar-refractivity contribution in [2.45, 2.75) is 123 Å². The van der Waals surface area contributed by atoms with Crippen LogP contribution in [0.15, 0.2) is 48.5 Å². The predicted molar refractivity (Wildman–Crippen MR) is 180 cm³/mol. The molecule has 0 bridgehead atoms. The number of hydrogen-bond donors (Lipinski definition) is 4. The fourth-order valence-electron chi connectivity index (χ4n) is 4.44. The third kappa shape index (κ3) is 15.5. The number of unbranched alkanes of at least 4 members (excludes halogenated alkanes) is 7. The highest BCUT2D eigenvalue weighted by Gasteiger charge is 2.24. The first-order valence-corrected chi connectivity index (χ1v) is 16.0. The highest BCUT2D eigenvalue weighted by Crippen LogP contribution is 2.23. The molecule has 2 aromatic rings. The summed E-state index contributed by atoms with van der Waals surface area (Å²) in [4.78, 5) is 51.0. The zero-order valence-electron chi connectivity index (χ0n) is 28.0. The molecular formula is C35H52N4O6. The molecule has 0 aliphatic rings. The quantitative estimate of drug-likeness (QED) is 0.147. The van der Waals surface area contributed by atoms with E-state index < -0.39 is 35.3 Å². The molecule has 10 heteroatoms. The summed E-state index contributed by atoms with van der Waals surface area (Å²) in [6.07, 6.45) is 8.19. The fraction of sp³-hybridized carbons (Fsp3) is 0.543. The minimum atomic E-state index is -0.767. The molecule has 0 unspecified atom stereocenters. The number of alkyl carbamates (subject to hydrolysis) is 1. The third-order valence-corrected chi connectivity index (χ3v) is 6.58. The van der Waals surface area contributed by atoms with Gasteiger partial charge in [0.25, 0.3) is 5.91 Å². The number of benzene rings is 2. The zero-order chi connectivity index (χ0) is 33.5. The van der Waals surface area contributed by atoms with Crippen LogP contribution in [0.2, 0.25) is 0 Å². The minimum Gasteiger partial charge on any atom is -0.444 e. The standard InChI is InChI=1S/C35H52N4O6/c1-8-9-10-11-12-13-14-15-20-29(39-33(43)45-35(5,6)7)31(41)36-26-23-21-25(22-24-26)30(40)37-27-18-16-17-19-28(27)38-32(42)44-34(2,3)4/h16-19,21-24,29H,8-15,20H2,1-7H3,(H,36,41)(H,37,40)(H,38,42)(H,39,43)/t29-/m0/s1. The van der Waals surface area contributed by atoms with E-state index >= 15 is 0 Å². The molecule has 2 rings (SSSR count). The molecule has 0 aliphatic carbocycles. The van der Waals surface area contributed by atoms with Crippen molar-refractivity contribution in [1.29, 1.82) is 0 Å². The Morgan fingerprint density at radius 2 is 1.16 bits per heavy atom. The Hall–Kier alpha value is -4.08.